The quantitative estimate of drug-likeness (QED) is 0.611. The first kappa shape index (κ1) is 18.4. The second-order valence-corrected chi connectivity index (χ2v) is 5.87. The van der Waals surface area contributed by atoms with Crippen molar-refractivity contribution >= 4 is 23.6 Å². The topological polar surface area (TPSA) is 55.8 Å². The molecule has 6 heteroatoms. The molecule has 0 unspecified atom stereocenters. The Labute approximate surface area is 156 Å². The number of methoxy groups -OCH3 is 2. The average Bonchev–Trinajstić information content (AvgIpc) is 2.93. The zero-order valence-corrected chi connectivity index (χ0v) is 15.2. The summed E-state index contributed by atoms with van der Waals surface area (Å²) in [6.45, 7) is 1.64. The molecule has 138 valence electrons. The van der Waals surface area contributed by atoms with Gasteiger partial charge in [-0.15, -0.1) is 0 Å². The molecule has 0 spiro atoms. The maximum Gasteiger partial charge on any atom is 0.340 e. The van der Waals surface area contributed by atoms with E-state index in [9.17, 15) is 14.0 Å². The van der Waals surface area contributed by atoms with E-state index in [1.807, 2.05) is 0 Å². The predicted octanol–water partition coefficient (Wildman–Crippen LogP) is 3.71. The lowest BCUT2D eigenvalue weighted by Gasteiger charge is -2.18. The summed E-state index contributed by atoms with van der Waals surface area (Å²) in [6.07, 6.45) is 1.37. The van der Waals surface area contributed by atoms with Gasteiger partial charge in [-0.3, -0.25) is 9.69 Å². The fraction of sp³-hybridized carbons (Fsp3) is 0.143. The first-order chi connectivity index (χ1) is 13.0. The number of anilines is 1. The fourth-order valence-corrected chi connectivity index (χ4v) is 2.99. The van der Waals surface area contributed by atoms with Crippen LogP contribution in [0.1, 0.15) is 12.5 Å². The van der Waals surface area contributed by atoms with E-state index in [0.717, 1.165) is 0 Å². The van der Waals surface area contributed by atoms with Crippen LogP contribution in [0.25, 0.3) is 6.08 Å². The van der Waals surface area contributed by atoms with E-state index in [2.05, 4.69) is 0 Å². The van der Waals surface area contributed by atoms with E-state index in [4.69, 9.17) is 9.47 Å². The van der Waals surface area contributed by atoms with Gasteiger partial charge in [-0.05, 0) is 31.2 Å². The third-order valence-corrected chi connectivity index (χ3v) is 4.31. The van der Waals surface area contributed by atoms with Gasteiger partial charge >= 0.3 is 5.97 Å². The van der Waals surface area contributed by atoms with Crippen LogP contribution in [0.4, 0.5) is 10.1 Å². The number of amides is 1. The van der Waals surface area contributed by atoms with E-state index >= 15 is 0 Å². The molecule has 0 radical (unpaired) electrons. The molecule has 0 aliphatic carbocycles. The fourth-order valence-electron chi connectivity index (χ4n) is 2.99. The second kappa shape index (κ2) is 7.45. The van der Waals surface area contributed by atoms with Crippen molar-refractivity contribution < 1.29 is 23.5 Å². The highest BCUT2D eigenvalue weighted by Gasteiger charge is 2.38. The minimum Gasteiger partial charge on any atom is -0.497 e. The number of rotatable bonds is 4. The standard InChI is InChI=1S/C21H18FNO4/c1-13-19(21(25)27-3)17(11-14-7-4-5-10-18(14)22)20(24)23(13)15-8-6-9-16(12-15)26-2/h4-12H,1-3H3/b17-11-. The lowest BCUT2D eigenvalue weighted by Crippen LogP contribution is -2.24. The molecule has 1 aliphatic heterocycles. The summed E-state index contributed by atoms with van der Waals surface area (Å²) in [5.41, 5.74) is 1.33. The zero-order valence-electron chi connectivity index (χ0n) is 15.2. The summed E-state index contributed by atoms with van der Waals surface area (Å²) in [4.78, 5) is 26.8. The molecule has 1 heterocycles. The number of hydrogen-bond acceptors (Lipinski definition) is 4. The van der Waals surface area contributed by atoms with E-state index < -0.39 is 17.7 Å². The van der Waals surface area contributed by atoms with Crippen molar-refractivity contribution in [2.24, 2.45) is 0 Å². The number of ether oxygens (including phenoxy) is 2. The molecule has 1 amide bonds. The van der Waals surface area contributed by atoms with Gasteiger partial charge in [-0.1, -0.05) is 24.3 Å². The third-order valence-electron chi connectivity index (χ3n) is 4.31. The maximum atomic E-state index is 14.1. The highest BCUT2D eigenvalue weighted by Crippen LogP contribution is 2.36. The number of esters is 1. The maximum absolute atomic E-state index is 14.1. The lowest BCUT2D eigenvalue weighted by molar-refractivity contribution is -0.136. The number of benzene rings is 2. The SMILES string of the molecule is COC(=O)C1=C(C)N(c2cccc(OC)c2)C(=O)/C1=C\c1ccccc1F. The normalized spacial score (nSPS) is 15.5. The van der Waals surface area contributed by atoms with Gasteiger partial charge in [0.1, 0.15) is 11.6 Å². The summed E-state index contributed by atoms with van der Waals surface area (Å²) in [5.74, 6) is -1.02. The molecule has 0 bridgehead atoms. The second-order valence-electron chi connectivity index (χ2n) is 5.87. The van der Waals surface area contributed by atoms with Crippen LogP contribution in [0.5, 0.6) is 5.75 Å². The summed E-state index contributed by atoms with van der Waals surface area (Å²) in [7, 11) is 2.76. The Balaban J connectivity index is 2.16. The third kappa shape index (κ3) is 3.33. The van der Waals surface area contributed by atoms with Gasteiger partial charge in [0, 0.05) is 17.3 Å². The molecular weight excluding hydrogens is 349 g/mol. The summed E-state index contributed by atoms with van der Waals surface area (Å²) in [6, 6.07) is 12.9. The van der Waals surface area contributed by atoms with Gasteiger partial charge in [0.15, 0.2) is 0 Å². The summed E-state index contributed by atoms with van der Waals surface area (Å²) >= 11 is 0. The Morgan fingerprint density at radius 3 is 2.52 bits per heavy atom. The van der Waals surface area contributed by atoms with Crippen molar-refractivity contribution in [2.75, 3.05) is 19.1 Å². The van der Waals surface area contributed by atoms with Gasteiger partial charge in [0.05, 0.1) is 31.1 Å². The van der Waals surface area contributed by atoms with Crippen molar-refractivity contribution in [2.45, 2.75) is 6.92 Å². The van der Waals surface area contributed by atoms with E-state index in [0.29, 0.717) is 17.1 Å². The van der Waals surface area contributed by atoms with Crippen molar-refractivity contribution in [1.82, 2.24) is 0 Å². The van der Waals surface area contributed by atoms with Crippen LogP contribution in [-0.4, -0.2) is 26.1 Å². The smallest absolute Gasteiger partial charge is 0.340 e. The van der Waals surface area contributed by atoms with Crippen molar-refractivity contribution in [3.05, 3.63) is 76.8 Å². The zero-order chi connectivity index (χ0) is 19.6. The molecular formula is C21H18FNO4. The molecule has 0 atom stereocenters. The van der Waals surface area contributed by atoms with Gasteiger partial charge < -0.3 is 9.47 Å². The van der Waals surface area contributed by atoms with Crippen molar-refractivity contribution in [3.63, 3.8) is 0 Å². The largest absolute Gasteiger partial charge is 0.497 e. The molecule has 5 nitrogen and oxygen atoms in total. The van der Waals surface area contributed by atoms with E-state index in [1.54, 1.807) is 43.3 Å². The first-order valence-electron chi connectivity index (χ1n) is 8.22. The first-order valence-corrected chi connectivity index (χ1v) is 8.22. The molecule has 2 aromatic carbocycles. The molecule has 1 aliphatic rings. The van der Waals surface area contributed by atoms with Crippen LogP contribution in [0.15, 0.2) is 65.4 Å². The van der Waals surface area contributed by atoms with Crippen LogP contribution < -0.4 is 9.64 Å². The number of carbonyl (C=O) groups is 2. The Bertz CT molecular complexity index is 978. The van der Waals surface area contributed by atoms with Gasteiger partial charge in [-0.25, -0.2) is 9.18 Å². The summed E-state index contributed by atoms with van der Waals surface area (Å²) < 4.78 is 24.1. The van der Waals surface area contributed by atoms with Crippen LogP contribution in [-0.2, 0) is 14.3 Å². The highest BCUT2D eigenvalue weighted by atomic mass is 19.1. The van der Waals surface area contributed by atoms with Gasteiger partial charge in [0.2, 0.25) is 0 Å². The Hall–Kier alpha value is -3.41. The Morgan fingerprint density at radius 1 is 1.11 bits per heavy atom. The van der Waals surface area contributed by atoms with Crippen LogP contribution >= 0.6 is 0 Å². The molecule has 0 N–H and O–H groups in total. The summed E-state index contributed by atoms with van der Waals surface area (Å²) in [5, 5.41) is 0. The molecule has 0 saturated heterocycles. The van der Waals surface area contributed by atoms with E-state index in [1.165, 1.54) is 37.3 Å². The minimum absolute atomic E-state index is 0.0762. The van der Waals surface area contributed by atoms with Crippen LogP contribution in [0.2, 0.25) is 0 Å². The number of nitrogens with zero attached hydrogens (tertiary/aromatic N) is 1. The molecule has 2 aromatic rings. The molecule has 0 fully saturated rings. The average molecular weight is 367 g/mol. The number of carbonyl (C=O) groups excluding carboxylic acids is 2. The van der Waals surface area contributed by atoms with Crippen LogP contribution in [0.3, 0.4) is 0 Å². The Morgan fingerprint density at radius 2 is 1.85 bits per heavy atom. The van der Waals surface area contributed by atoms with Gasteiger partial charge in [-0.2, -0.15) is 0 Å². The van der Waals surface area contributed by atoms with Gasteiger partial charge in [0.25, 0.3) is 5.91 Å². The van der Waals surface area contributed by atoms with Crippen molar-refractivity contribution in [1.29, 1.82) is 0 Å². The Kier molecular flexibility index (Phi) is 5.07. The lowest BCUT2D eigenvalue weighted by atomic mass is 10.0. The van der Waals surface area contributed by atoms with Crippen LogP contribution in [0, 0.1) is 5.82 Å². The van der Waals surface area contributed by atoms with E-state index in [-0.39, 0.29) is 16.7 Å². The monoisotopic (exact) mass is 367 g/mol. The van der Waals surface area contributed by atoms with Crippen molar-refractivity contribution in [3.8, 4) is 5.75 Å². The number of hydrogen-bond donors (Lipinski definition) is 0. The molecule has 3 rings (SSSR count). The minimum atomic E-state index is -0.658. The highest BCUT2D eigenvalue weighted by molar-refractivity contribution is 6.23. The molecule has 0 aromatic heterocycles. The molecule has 27 heavy (non-hydrogen) atoms. The number of halogens is 1. The number of allylic oxidation sites excluding steroid dienone is 1. The molecule has 0 saturated carbocycles. The predicted molar refractivity (Wildman–Crippen MR) is 99.6 cm³/mol.